The van der Waals surface area contributed by atoms with Crippen molar-refractivity contribution < 1.29 is 22.7 Å². The molecular formula is C25H35N3O5S. The number of carbonyl (C=O) groups is 2. The lowest BCUT2D eigenvalue weighted by Gasteiger charge is -2.33. The highest BCUT2D eigenvalue weighted by atomic mass is 32.2. The summed E-state index contributed by atoms with van der Waals surface area (Å²) in [5.41, 5.74) is 2.74. The first kappa shape index (κ1) is 27.2. The predicted molar refractivity (Wildman–Crippen MR) is 134 cm³/mol. The van der Waals surface area contributed by atoms with E-state index in [0.29, 0.717) is 24.4 Å². The lowest BCUT2D eigenvalue weighted by Crippen LogP contribution is -2.52. The third-order valence-corrected chi connectivity index (χ3v) is 6.70. The zero-order valence-electron chi connectivity index (χ0n) is 20.8. The Labute approximate surface area is 202 Å². The molecule has 8 nitrogen and oxygen atoms in total. The minimum Gasteiger partial charge on any atom is -0.497 e. The SMILES string of the molecule is CCNC(=O)[C@@H](CC)N(Cc1cccc(OC)c1)C(=O)CN(c1c(C)cccc1C)S(C)(=O)=O. The zero-order chi connectivity index (χ0) is 25.5. The number of carbonyl (C=O) groups excluding carboxylic acids is 2. The van der Waals surface area contributed by atoms with Gasteiger partial charge in [-0.05, 0) is 56.0 Å². The van der Waals surface area contributed by atoms with Crippen molar-refractivity contribution in [3.63, 3.8) is 0 Å². The van der Waals surface area contributed by atoms with Crippen LogP contribution in [0.3, 0.4) is 0 Å². The Hall–Kier alpha value is -3.07. The van der Waals surface area contributed by atoms with E-state index in [-0.39, 0.29) is 12.5 Å². The average Bonchev–Trinajstić information content (AvgIpc) is 2.77. The van der Waals surface area contributed by atoms with Gasteiger partial charge in [-0.1, -0.05) is 37.3 Å². The van der Waals surface area contributed by atoms with Crippen molar-refractivity contribution in [3.8, 4) is 5.75 Å². The van der Waals surface area contributed by atoms with E-state index in [4.69, 9.17) is 4.74 Å². The van der Waals surface area contributed by atoms with E-state index >= 15 is 0 Å². The van der Waals surface area contributed by atoms with E-state index in [0.717, 1.165) is 27.3 Å². The van der Waals surface area contributed by atoms with E-state index in [9.17, 15) is 18.0 Å². The van der Waals surface area contributed by atoms with Crippen molar-refractivity contribution in [2.24, 2.45) is 0 Å². The monoisotopic (exact) mass is 489 g/mol. The molecule has 34 heavy (non-hydrogen) atoms. The van der Waals surface area contributed by atoms with Crippen LogP contribution in [0.1, 0.15) is 37.0 Å². The highest BCUT2D eigenvalue weighted by Gasteiger charge is 2.32. The fourth-order valence-electron chi connectivity index (χ4n) is 3.95. The molecule has 2 amide bonds. The van der Waals surface area contributed by atoms with E-state index < -0.39 is 28.5 Å². The summed E-state index contributed by atoms with van der Waals surface area (Å²) >= 11 is 0. The summed E-state index contributed by atoms with van der Waals surface area (Å²) < 4.78 is 32.0. The summed E-state index contributed by atoms with van der Waals surface area (Å²) in [7, 11) is -2.22. The van der Waals surface area contributed by atoms with Gasteiger partial charge in [0.15, 0.2) is 0 Å². The van der Waals surface area contributed by atoms with Crippen molar-refractivity contribution >= 4 is 27.5 Å². The van der Waals surface area contributed by atoms with Crippen LogP contribution < -0.4 is 14.4 Å². The van der Waals surface area contributed by atoms with Crippen molar-refractivity contribution in [2.45, 2.75) is 46.7 Å². The molecule has 2 aromatic carbocycles. The second kappa shape index (κ2) is 11.9. The number of nitrogens with zero attached hydrogens (tertiary/aromatic N) is 2. The number of rotatable bonds is 11. The van der Waals surface area contributed by atoms with Crippen molar-refractivity contribution in [3.05, 3.63) is 59.2 Å². The van der Waals surface area contributed by atoms with Crippen LogP contribution in [0.2, 0.25) is 0 Å². The van der Waals surface area contributed by atoms with Gasteiger partial charge in [0.1, 0.15) is 18.3 Å². The van der Waals surface area contributed by atoms with Crippen LogP contribution in [0.4, 0.5) is 5.69 Å². The molecule has 0 unspecified atom stereocenters. The molecule has 0 saturated heterocycles. The van der Waals surface area contributed by atoms with Gasteiger partial charge < -0.3 is 15.0 Å². The number of anilines is 1. The number of hydrogen-bond donors (Lipinski definition) is 1. The quantitative estimate of drug-likeness (QED) is 0.523. The van der Waals surface area contributed by atoms with Crippen LogP contribution in [0.15, 0.2) is 42.5 Å². The Morgan fingerprint density at radius 1 is 1.06 bits per heavy atom. The molecule has 0 bridgehead atoms. The number of para-hydroxylation sites is 1. The molecule has 0 heterocycles. The second-order valence-corrected chi connectivity index (χ2v) is 10.1. The standard InChI is InChI=1S/C25H35N3O5S/c1-7-22(25(30)26-8-2)27(16-20-13-10-14-21(15-20)33-5)23(29)17-28(34(6,31)32)24-18(3)11-9-12-19(24)4/h9-15,22H,7-8,16-17H2,1-6H3,(H,26,30)/t22-/m1/s1. The first-order valence-corrected chi connectivity index (χ1v) is 13.1. The van der Waals surface area contributed by atoms with Gasteiger partial charge in [0.05, 0.1) is 19.1 Å². The van der Waals surface area contributed by atoms with Gasteiger partial charge in [0, 0.05) is 13.1 Å². The van der Waals surface area contributed by atoms with E-state index in [1.165, 1.54) is 4.90 Å². The molecule has 2 rings (SSSR count). The van der Waals surface area contributed by atoms with Gasteiger partial charge in [-0.25, -0.2) is 8.42 Å². The molecule has 0 aliphatic heterocycles. The summed E-state index contributed by atoms with van der Waals surface area (Å²) in [6.07, 6.45) is 1.46. The van der Waals surface area contributed by atoms with Crippen molar-refractivity contribution in [1.82, 2.24) is 10.2 Å². The first-order valence-electron chi connectivity index (χ1n) is 11.3. The minimum atomic E-state index is -3.77. The molecule has 0 fully saturated rings. The van der Waals surface area contributed by atoms with E-state index in [2.05, 4.69) is 5.32 Å². The molecular weight excluding hydrogens is 454 g/mol. The van der Waals surface area contributed by atoms with Gasteiger partial charge in [0.2, 0.25) is 21.8 Å². The smallest absolute Gasteiger partial charge is 0.244 e. The average molecular weight is 490 g/mol. The molecule has 0 radical (unpaired) electrons. The van der Waals surface area contributed by atoms with Gasteiger partial charge >= 0.3 is 0 Å². The van der Waals surface area contributed by atoms with E-state index in [1.54, 1.807) is 19.2 Å². The number of aryl methyl sites for hydroxylation is 2. The Bertz CT molecular complexity index is 1100. The largest absolute Gasteiger partial charge is 0.497 e. The lowest BCUT2D eigenvalue weighted by atomic mass is 10.1. The Kier molecular flexibility index (Phi) is 9.49. The maximum Gasteiger partial charge on any atom is 0.244 e. The zero-order valence-corrected chi connectivity index (χ0v) is 21.6. The molecule has 0 aromatic heterocycles. The van der Waals surface area contributed by atoms with E-state index in [1.807, 2.05) is 58.0 Å². The second-order valence-electron chi connectivity index (χ2n) is 8.20. The van der Waals surface area contributed by atoms with Gasteiger partial charge in [-0.15, -0.1) is 0 Å². The number of sulfonamides is 1. The number of likely N-dealkylation sites (N-methyl/N-ethyl adjacent to an activating group) is 1. The summed E-state index contributed by atoms with van der Waals surface area (Å²) in [6, 6.07) is 11.9. The number of benzene rings is 2. The Morgan fingerprint density at radius 3 is 2.21 bits per heavy atom. The van der Waals surface area contributed by atoms with Crippen LogP contribution in [-0.2, 0) is 26.2 Å². The maximum absolute atomic E-state index is 13.7. The number of methoxy groups -OCH3 is 1. The van der Waals surface area contributed by atoms with Crippen LogP contribution in [-0.4, -0.2) is 57.6 Å². The molecule has 1 atom stereocenters. The fraction of sp³-hybridized carbons (Fsp3) is 0.440. The third-order valence-electron chi connectivity index (χ3n) is 5.59. The van der Waals surface area contributed by atoms with Gasteiger partial charge in [-0.2, -0.15) is 0 Å². The minimum absolute atomic E-state index is 0.135. The molecule has 0 spiro atoms. The number of amides is 2. The summed E-state index contributed by atoms with van der Waals surface area (Å²) in [6.45, 7) is 7.40. The molecule has 9 heteroatoms. The Morgan fingerprint density at radius 2 is 1.68 bits per heavy atom. The normalized spacial score (nSPS) is 12.1. The highest BCUT2D eigenvalue weighted by molar-refractivity contribution is 7.92. The van der Waals surface area contributed by atoms with Crippen molar-refractivity contribution in [1.29, 1.82) is 0 Å². The van der Waals surface area contributed by atoms with Crippen LogP contribution in [0.25, 0.3) is 0 Å². The summed E-state index contributed by atoms with van der Waals surface area (Å²) in [4.78, 5) is 28.0. The molecule has 0 aliphatic carbocycles. The molecule has 2 aromatic rings. The van der Waals surface area contributed by atoms with Crippen LogP contribution >= 0.6 is 0 Å². The maximum atomic E-state index is 13.7. The number of ether oxygens (including phenoxy) is 1. The topological polar surface area (TPSA) is 96.0 Å². The molecule has 1 N–H and O–H groups in total. The first-order chi connectivity index (χ1) is 16.0. The number of hydrogen-bond acceptors (Lipinski definition) is 5. The van der Waals surface area contributed by atoms with Crippen LogP contribution in [0.5, 0.6) is 5.75 Å². The fourth-order valence-corrected chi connectivity index (χ4v) is 4.92. The van der Waals surface area contributed by atoms with Crippen molar-refractivity contribution in [2.75, 3.05) is 30.8 Å². The summed E-state index contributed by atoms with van der Waals surface area (Å²) in [5, 5.41) is 2.78. The lowest BCUT2D eigenvalue weighted by molar-refractivity contribution is -0.140. The molecule has 0 saturated carbocycles. The molecule has 186 valence electrons. The third kappa shape index (κ3) is 6.72. The van der Waals surface area contributed by atoms with Gasteiger partial charge in [0.25, 0.3) is 0 Å². The highest BCUT2D eigenvalue weighted by Crippen LogP contribution is 2.27. The summed E-state index contributed by atoms with van der Waals surface area (Å²) in [5.74, 6) is -0.113. The Balaban J connectivity index is 2.50. The van der Waals surface area contributed by atoms with Gasteiger partial charge in [-0.3, -0.25) is 13.9 Å². The predicted octanol–water partition coefficient (Wildman–Crippen LogP) is 3.02. The molecule has 0 aliphatic rings. The number of nitrogens with one attached hydrogen (secondary N) is 1. The van der Waals surface area contributed by atoms with Crippen LogP contribution in [0, 0.1) is 13.8 Å².